The molecule has 0 aliphatic carbocycles. The first-order valence-electron chi connectivity index (χ1n) is 16.1. The molecule has 4 aromatic carbocycles. The first-order chi connectivity index (χ1) is 23.1. The minimum Gasteiger partial charge on any atom is -0.744 e. The fraction of sp³-hybridized carbons (Fsp3) is 0.351. The molecule has 0 N–H and O–H groups in total. The van der Waals surface area contributed by atoms with Crippen LogP contribution < -0.4 is 28.4 Å². The molecule has 0 radical (unpaired) electrons. The highest BCUT2D eigenvalue weighted by Gasteiger charge is 2.42. The van der Waals surface area contributed by atoms with Crippen molar-refractivity contribution in [1.29, 1.82) is 0 Å². The summed E-state index contributed by atoms with van der Waals surface area (Å²) < 4.78 is 67.9. The molecule has 0 saturated heterocycles. The fourth-order valence-corrected chi connectivity index (χ4v) is 7.51. The predicted molar refractivity (Wildman–Crippen MR) is 188 cm³/mol. The Hall–Kier alpha value is -4.06. The maximum atomic E-state index is 10.4. The lowest BCUT2D eigenvalue weighted by atomic mass is 10.2. The number of ether oxygens (including phenoxy) is 6. The van der Waals surface area contributed by atoms with E-state index in [1.807, 2.05) is 90.9 Å². The third kappa shape index (κ3) is 10.5. The van der Waals surface area contributed by atoms with Crippen molar-refractivity contribution in [2.75, 3.05) is 39.6 Å². The molecule has 9 nitrogen and oxygen atoms in total. The summed E-state index contributed by atoms with van der Waals surface area (Å²) in [5, 5.41) is 0. The van der Waals surface area contributed by atoms with Gasteiger partial charge in [0.1, 0.15) is 32.5 Å². The Balaban J connectivity index is 0.000000480. The van der Waals surface area contributed by atoms with Gasteiger partial charge in [-0.1, -0.05) is 35.9 Å². The van der Waals surface area contributed by atoms with E-state index in [4.69, 9.17) is 28.4 Å². The SMILES string of the molecule is CCOc1cc(OCC)c([S+](c2ccccc2)c2c(OCC)cc(OCC)cc2OCC)c(OCC)c1.Cc1ccc(S(=O)(=O)[O-])cc1. The molecule has 4 aromatic rings. The van der Waals surface area contributed by atoms with Gasteiger partial charge in [-0.05, 0) is 72.7 Å². The highest BCUT2D eigenvalue weighted by Crippen LogP contribution is 2.51. The van der Waals surface area contributed by atoms with Crippen molar-refractivity contribution >= 4 is 21.0 Å². The smallest absolute Gasteiger partial charge is 0.250 e. The third-order valence-electron chi connectivity index (χ3n) is 6.51. The van der Waals surface area contributed by atoms with E-state index in [0.717, 1.165) is 20.2 Å². The van der Waals surface area contributed by atoms with Gasteiger partial charge in [0.2, 0.25) is 0 Å². The Labute approximate surface area is 288 Å². The van der Waals surface area contributed by atoms with Crippen LogP contribution in [0.5, 0.6) is 34.5 Å². The van der Waals surface area contributed by atoms with Crippen LogP contribution in [0.4, 0.5) is 0 Å². The lowest BCUT2D eigenvalue weighted by Crippen LogP contribution is -2.14. The highest BCUT2D eigenvalue weighted by molar-refractivity contribution is 7.97. The summed E-state index contributed by atoms with van der Waals surface area (Å²) in [5.41, 5.74) is 0.928. The zero-order valence-electron chi connectivity index (χ0n) is 28.7. The maximum absolute atomic E-state index is 10.4. The van der Waals surface area contributed by atoms with Crippen LogP contribution in [0.25, 0.3) is 0 Å². The number of benzene rings is 4. The molecule has 11 heteroatoms. The van der Waals surface area contributed by atoms with E-state index in [1.54, 1.807) is 12.1 Å². The Morgan fingerprint density at radius 1 is 0.542 bits per heavy atom. The van der Waals surface area contributed by atoms with Gasteiger partial charge in [-0.3, -0.25) is 0 Å². The van der Waals surface area contributed by atoms with Gasteiger partial charge in [-0.25, -0.2) is 8.42 Å². The first kappa shape index (κ1) is 38.4. The first-order valence-corrected chi connectivity index (χ1v) is 18.7. The molecule has 4 rings (SSSR count). The quantitative estimate of drug-likeness (QED) is 0.0847. The van der Waals surface area contributed by atoms with E-state index in [1.165, 1.54) is 12.1 Å². The van der Waals surface area contributed by atoms with Gasteiger partial charge in [0, 0.05) is 24.3 Å². The molecule has 0 aromatic heterocycles. The monoisotopic (exact) mass is 698 g/mol. The zero-order valence-corrected chi connectivity index (χ0v) is 30.4. The van der Waals surface area contributed by atoms with E-state index in [0.29, 0.717) is 74.1 Å². The van der Waals surface area contributed by atoms with Crippen LogP contribution in [-0.2, 0) is 21.0 Å². The molecule has 0 spiro atoms. The highest BCUT2D eigenvalue weighted by atomic mass is 32.2. The number of hydrogen-bond acceptors (Lipinski definition) is 9. The van der Waals surface area contributed by atoms with Crippen LogP contribution >= 0.6 is 0 Å². The van der Waals surface area contributed by atoms with Crippen LogP contribution in [0.15, 0.2) is 98.4 Å². The van der Waals surface area contributed by atoms with Crippen molar-refractivity contribution in [3.63, 3.8) is 0 Å². The summed E-state index contributed by atoms with van der Waals surface area (Å²) in [6, 6.07) is 23.9. The summed E-state index contributed by atoms with van der Waals surface area (Å²) in [7, 11) is -4.97. The zero-order chi connectivity index (χ0) is 35.1. The summed E-state index contributed by atoms with van der Waals surface area (Å²) in [5.74, 6) is 4.25. The third-order valence-corrected chi connectivity index (χ3v) is 9.72. The molecule has 0 heterocycles. The summed E-state index contributed by atoms with van der Waals surface area (Å²) in [6.45, 7) is 16.8. The van der Waals surface area contributed by atoms with Crippen LogP contribution in [-0.4, -0.2) is 52.6 Å². The Morgan fingerprint density at radius 2 is 0.896 bits per heavy atom. The lowest BCUT2D eigenvalue weighted by molar-refractivity contribution is 0.293. The summed E-state index contributed by atoms with van der Waals surface area (Å²) in [4.78, 5) is 2.75. The van der Waals surface area contributed by atoms with Crippen molar-refractivity contribution in [1.82, 2.24) is 0 Å². The average molecular weight is 699 g/mol. The lowest BCUT2D eigenvalue weighted by Gasteiger charge is -2.21. The average Bonchev–Trinajstić information content (AvgIpc) is 3.05. The van der Waals surface area contributed by atoms with Crippen molar-refractivity contribution < 1.29 is 41.4 Å². The van der Waals surface area contributed by atoms with Gasteiger partial charge < -0.3 is 33.0 Å². The molecular weight excluding hydrogens is 653 g/mol. The van der Waals surface area contributed by atoms with Crippen LogP contribution in [0, 0.1) is 6.92 Å². The molecule has 0 unspecified atom stereocenters. The molecular formula is C37H46O9S2. The van der Waals surface area contributed by atoms with Gasteiger partial charge in [0.25, 0.3) is 9.79 Å². The predicted octanol–water partition coefficient (Wildman–Crippen LogP) is 8.07. The largest absolute Gasteiger partial charge is 0.744 e. The van der Waals surface area contributed by atoms with Crippen molar-refractivity contribution in [3.05, 3.63) is 84.4 Å². The molecule has 0 amide bonds. The number of aryl methyl sites for hydroxylation is 1. The van der Waals surface area contributed by atoms with E-state index in [9.17, 15) is 13.0 Å². The number of rotatable bonds is 16. The van der Waals surface area contributed by atoms with Gasteiger partial charge in [0.05, 0.1) is 44.5 Å². The maximum Gasteiger partial charge on any atom is 0.250 e. The van der Waals surface area contributed by atoms with E-state index in [2.05, 4.69) is 12.1 Å². The molecule has 0 fully saturated rings. The summed E-state index contributed by atoms with van der Waals surface area (Å²) >= 11 is 0. The van der Waals surface area contributed by atoms with Crippen molar-refractivity contribution in [2.24, 2.45) is 0 Å². The second-order valence-corrected chi connectivity index (χ2v) is 13.3. The van der Waals surface area contributed by atoms with Crippen LogP contribution in [0.3, 0.4) is 0 Å². The van der Waals surface area contributed by atoms with Crippen molar-refractivity contribution in [2.45, 2.75) is 68.0 Å². The second kappa shape index (κ2) is 19.1. The molecule has 48 heavy (non-hydrogen) atoms. The standard InChI is InChI=1S/C30H39O6S.C7H8O3S/c1-7-31-22-18-25(33-9-3)29(26(19-22)34-10-4)37(24-16-14-13-15-17-24)30-27(35-11-5)20-23(32-8-2)21-28(30)36-12-6;1-6-2-4-7(5-3-6)11(8,9)10/h13-21H,7-12H2,1-6H3;2-5H,1H3,(H,8,9,10)/q+1;/p-1. The molecule has 260 valence electrons. The van der Waals surface area contributed by atoms with E-state index in [-0.39, 0.29) is 4.90 Å². The minimum absolute atomic E-state index is 0.178. The van der Waals surface area contributed by atoms with Crippen molar-refractivity contribution in [3.8, 4) is 34.5 Å². The molecule has 0 bridgehead atoms. The van der Waals surface area contributed by atoms with Gasteiger partial charge >= 0.3 is 0 Å². The fourth-order valence-electron chi connectivity index (χ4n) is 4.66. The normalized spacial score (nSPS) is 10.9. The minimum atomic E-state index is -4.27. The van der Waals surface area contributed by atoms with E-state index < -0.39 is 21.0 Å². The van der Waals surface area contributed by atoms with Gasteiger partial charge in [-0.2, -0.15) is 0 Å². The second-order valence-electron chi connectivity index (χ2n) is 9.98. The van der Waals surface area contributed by atoms with Crippen LogP contribution in [0.2, 0.25) is 0 Å². The molecule has 0 aliphatic heterocycles. The summed E-state index contributed by atoms with van der Waals surface area (Å²) in [6.07, 6.45) is 0. The molecule has 0 atom stereocenters. The molecule has 0 aliphatic rings. The van der Waals surface area contributed by atoms with Gasteiger partial charge in [-0.15, -0.1) is 0 Å². The topological polar surface area (TPSA) is 113 Å². The Kier molecular flexibility index (Phi) is 15.2. The van der Waals surface area contributed by atoms with E-state index >= 15 is 0 Å². The van der Waals surface area contributed by atoms with Crippen LogP contribution in [0.1, 0.15) is 47.1 Å². The molecule has 0 saturated carbocycles. The van der Waals surface area contributed by atoms with Gasteiger partial charge in [0.15, 0.2) is 27.9 Å². The Bertz CT molecular complexity index is 1550. The Morgan fingerprint density at radius 3 is 1.21 bits per heavy atom. The number of hydrogen-bond donors (Lipinski definition) is 0.